The van der Waals surface area contributed by atoms with Crippen LogP contribution in [0.1, 0.15) is 30.9 Å². The largest absolute Gasteiger partial charge is 0.319 e. The lowest BCUT2D eigenvalue weighted by Crippen LogP contribution is -2.14. The molecule has 0 N–H and O–H groups in total. The van der Waals surface area contributed by atoms with Crippen molar-refractivity contribution >= 4 is 27.5 Å². The number of fused-ring (bicyclic) bond motifs is 1. The molecule has 1 heterocycles. The van der Waals surface area contributed by atoms with Crippen molar-refractivity contribution < 1.29 is 4.79 Å². The van der Waals surface area contributed by atoms with E-state index in [-0.39, 0.29) is 5.91 Å². The van der Waals surface area contributed by atoms with E-state index in [2.05, 4.69) is 31.0 Å². The fourth-order valence-corrected chi connectivity index (χ4v) is 3.57. The predicted octanol–water partition coefficient (Wildman–Crippen LogP) is 4.03. The Kier molecular flexibility index (Phi) is 4.44. The summed E-state index contributed by atoms with van der Waals surface area (Å²) in [5, 5.41) is 0. The van der Waals surface area contributed by atoms with E-state index in [9.17, 15) is 4.79 Å². The fraction of sp³-hybridized carbons (Fsp3) is 0.263. The maximum Gasteiger partial charge on any atom is 0.252 e. The number of rotatable bonds is 3. The van der Waals surface area contributed by atoms with E-state index in [1.165, 1.54) is 5.56 Å². The average Bonchev–Trinajstić information content (AvgIpc) is 2.84. The normalized spacial score (nSPS) is 12.3. The summed E-state index contributed by atoms with van der Waals surface area (Å²) >= 11 is 1.54. The Labute approximate surface area is 139 Å². The molecule has 3 aromatic rings. The number of thiazole rings is 1. The third-order valence-electron chi connectivity index (χ3n) is 3.94. The Morgan fingerprint density at radius 3 is 2.48 bits per heavy atom. The molecule has 0 fully saturated rings. The second kappa shape index (κ2) is 6.50. The first-order valence-electron chi connectivity index (χ1n) is 7.75. The first-order chi connectivity index (χ1) is 11.0. The van der Waals surface area contributed by atoms with Gasteiger partial charge in [0.25, 0.3) is 5.91 Å². The number of carbonyl (C=O) groups excluding carboxylic acids is 1. The molecule has 4 heteroatoms. The van der Waals surface area contributed by atoms with Crippen molar-refractivity contribution in [3.63, 3.8) is 0 Å². The van der Waals surface area contributed by atoms with E-state index < -0.39 is 0 Å². The van der Waals surface area contributed by atoms with Gasteiger partial charge in [0.15, 0.2) is 4.80 Å². The molecule has 1 aromatic heterocycles. The van der Waals surface area contributed by atoms with Crippen LogP contribution in [0.5, 0.6) is 0 Å². The quantitative estimate of drug-likeness (QED) is 0.716. The van der Waals surface area contributed by atoms with Crippen LogP contribution >= 0.6 is 11.3 Å². The van der Waals surface area contributed by atoms with Crippen molar-refractivity contribution in [2.75, 3.05) is 0 Å². The van der Waals surface area contributed by atoms with E-state index in [0.717, 1.165) is 20.6 Å². The SMILES string of the molecule is CC(C)c1ccc(CC(=O)N=c2sc3ccccc3n2C)cc1. The van der Waals surface area contributed by atoms with Crippen molar-refractivity contribution in [3.8, 4) is 0 Å². The van der Waals surface area contributed by atoms with Crippen molar-refractivity contribution in [1.82, 2.24) is 4.57 Å². The zero-order valence-corrected chi connectivity index (χ0v) is 14.4. The minimum Gasteiger partial charge on any atom is -0.319 e. The number of hydrogen-bond acceptors (Lipinski definition) is 2. The summed E-state index contributed by atoms with van der Waals surface area (Å²) in [7, 11) is 1.95. The second-order valence-electron chi connectivity index (χ2n) is 5.99. The molecule has 0 spiro atoms. The monoisotopic (exact) mass is 324 g/mol. The Morgan fingerprint density at radius 2 is 1.83 bits per heavy atom. The number of benzene rings is 2. The first kappa shape index (κ1) is 15.7. The van der Waals surface area contributed by atoms with E-state index in [1.54, 1.807) is 11.3 Å². The lowest BCUT2D eigenvalue weighted by Gasteiger charge is -2.05. The lowest BCUT2D eigenvalue weighted by atomic mass is 10.0. The lowest BCUT2D eigenvalue weighted by molar-refractivity contribution is -0.117. The smallest absolute Gasteiger partial charge is 0.252 e. The van der Waals surface area contributed by atoms with E-state index >= 15 is 0 Å². The van der Waals surface area contributed by atoms with Gasteiger partial charge in [-0.25, -0.2) is 0 Å². The Morgan fingerprint density at radius 1 is 1.13 bits per heavy atom. The average molecular weight is 324 g/mol. The molecule has 0 aliphatic heterocycles. The highest BCUT2D eigenvalue weighted by atomic mass is 32.1. The van der Waals surface area contributed by atoms with Crippen molar-refractivity contribution in [2.24, 2.45) is 12.0 Å². The minimum atomic E-state index is -0.107. The molecule has 3 nitrogen and oxygen atoms in total. The molecule has 2 aromatic carbocycles. The van der Waals surface area contributed by atoms with Gasteiger partial charge in [0.2, 0.25) is 0 Å². The number of aryl methyl sites for hydroxylation is 1. The highest BCUT2D eigenvalue weighted by molar-refractivity contribution is 7.16. The van der Waals surface area contributed by atoms with Crippen LogP contribution in [-0.2, 0) is 18.3 Å². The van der Waals surface area contributed by atoms with Crippen LogP contribution in [0.2, 0.25) is 0 Å². The number of hydrogen-bond donors (Lipinski definition) is 0. The van der Waals surface area contributed by atoms with Crippen LogP contribution in [-0.4, -0.2) is 10.5 Å². The molecule has 0 aliphatic rings. The molecular formula is C19H20N2OS. The van der Waals surface area contributed by atoms with Crippen molar-refractivity contribution in [1.29, 1.82) is 0 Å². The standard InChI is InChI=1S/C19H20N2OS/c1-13(2)15-10-8-14(9-11-15)12-18(22)20-19-21(3)16-6-4-5-7-17(16)23-19/h4-11,13H,12H2,1-3H3. The third kappa shape index (κ3) is 3.42. The van der Waals surface area contributed by atoms with E-state index in [1.807, 2.05) is 48.0 Å². The summed E-state index contributed by atoms with van der Waals surface area (Å²) in [5.74, 6) is 0.395. The molecule has 0 bridgehead atoms. The Bertz CT molecular complexity index is 901. The van der Waals surface area contributed by atoms with Crippen LogP contribution in [0, 0.1) is 0 Å². The van der Waals surface area contributed by atoms with Crippen LogP contribution in [0.4, 0.5) is 0 Å². The number of aromatic nitrogens is 1. The van der Waals surface area contributed by atoms with Gasteiger partial charge in [-0.15, -0.1) is 0 Å². The number of nitrogens with zero attached hydrogens (tertiary/aromatic N) is 2. The molecular weight excluding hydrogens is 304 g/mol. The summed E-state index contributed by atoms with van der Waals surface area (Å²) in [4.78, 5) is 17.3. The van der Waals surface area contributed by atoms with Gasteiger partial charge < -0.3 is 4.57 Å². The fourth-order valence-electron chi connectivity index (χ4n) is 2.53. The summed E-state index contributed by atoms with van der Waals surface area (Å²) in [6.45, 7) is 4.33. The summed E-state index contributed by atoms with van der Waals surface area (Å²) in [6.07, 6.45) is 0.340. The third-order valence-corrected chi connectivity index (χ3v) is 5.05. The molecule has 0 aliphatic carbocycles. The van der Waals surface area contributed by atoms with Gasteiger partial charge in [0.1, 0.15) is 0 Å². The van der Waals surface area contributed by atoms with E-state index in [0.29, 0.717) is 12.3 Å². The van der Waals surface area contributed by atoms with Gasteiger partial charge in [-0.3, -0.25) is 4.79 Å². The minimum absolute atomic E-state index is 0.107. The van der Waals surface area contributed by atoms with Crippen molar-refractivity contribution in [3.05, 3.63) is 64.5 Å². The van der Waals surface area contributed by atoms with Crippen molar-refractivity contribution in [2.45, 2.75) is 26.2 Å². The maximum atomic E-state index is 12.3. The van der Waals surface area contributed by atoms with Gasteiger partial charge in [0.05, 0.1) is 16.6 Å². The molecule has 23 heavy (non-hydrogen) atoms. The number of carbonyl (C=O) groups is 1. The molecule has 0 unspecified atom stereocenters. The number of para-hydroxylation sites is 1. The molecule has 0 radical (unpaired) electrons. The van der Waals surface area contributed by atoms with Gasteiger partial charge >= 0.3 is 0 Å². The summed E-state index contributed by atoms with van der Waals surface area (Å²) in [6, 6.07) is 16.3. The zero-order chi connectivity index (χ0) is 16.4. The topological polar surface area (TPSA) is 34.4 Å². The van der Waals surface area contributed by atoms with Crippen LogP contribution < -0.4 is 4.80 Å². The van der Waals surface area contributed by atoms with Crippen LogP contribution in [0.3, 0.4) is 0 Å². The van der Waals surface area contributed by atoms with E-state index in [4.69, 9.17) is 0 Å². The molecule has 1 amide bonds. The van der Waals surface area contributed by atoms with Gasteiger partial charge in [-0.2, -0.15) is 4.99 Å². The highest BCUT2D eigenvalue weighted by Gasteiger charge is 2.06. The summed E-state index contributed by atoms with van der Waals surface area (Å²) in [5.41, 5.74) is 3.39. The zero-order valence-electron chi connectivity index (χ0n) is 13.6. The van der Waals surface area contributed by atoms with Gasteiger partial charge in [-0.05, 0) is 29.2 Å². The molecule has 0 atom stereocenters. The Hall–Kier alpha value is -2.20. The second-order valence-corrected chi connectivity index (χ2v) is 7.00. The maximum absolute atomic E-state index is 12.3. The molecule has 3 rings (SSSR count). The first-order valence-corrected chi connectivity index (χ1v) is 8.57. The van der Waals surface area contributed by atoms with Gasteiger partial charge in [-0.1, -0.05) is 61.6 Å². The Balaban J connectivity index is 1.84. The predicted molar refractivity (Wildman–Crippen MR) is 95.6 cm³/mol. The highest BCUT2D eigenvalue weighted by Crippen LogP contribution is 2.16. The molecule has 118 valence electrons. The van der Waals surface area contributed by atoms with Crippen LogP contribution in [0.25, 0.3) is 10.2 Å². The molecule has 0 saturated carbocycles. The number of amides is 1. The van der Waals surface area contributed by atoms with Gasteiger partial charge in [0, 0.05) is 7.05 Å². The summed E-state index contributed by atoms with van der Waals surface area (Å²) < 4.78 is 3.11. The molecule has 0 saturated heterocycles. The van der Waals surface area contributed by atoms with Crippen LogP contribution in [0.15, 0.2) is 53.5 Å².